The number of benzene rings is 1. The van der Waals surface area contributed by atoms with Gasteiger partial charge in [-0.1, -0.05) is 0 Å². The molecule has 152 valence electrons. The third kappa shape index (κ3) is 4.04. The summed E-state index contributed by atoms with van der Waals surface area (Å²) in [6.45, 7) is -1.18. The van der Waals surface area contributed by atoms with E-state index < -0.39 is 64.4 Å². The van der Waals surface area contributed by atoms with Crippen LogP contribution in [0, 0.1) is 39.2 Å². The molecular weight excluding hydrogens is 407 g/mol. The van der Waals surface area contributed by atoms with Gasteiger partial charge in [-0.05, 0) is 4.92 Å². The first kappa shape index (κ1) is 19.9. The minimum Gasteiger partial charge on any atom is -0.358 e. The van der Waals surface area contributed by atoms with Crippen LogP contribution in [-0.2, 0) is 17.9 Å². The maximum atomic E-state index is 13.7. The summed E-state index contributed by atoms with van der Waals surface area (Å²) in [6.07, 6.45) is 2.35. The molecule has 0 unspecified atom stereocenters. The number of nitrogens with zero attached hydrogens (tertiary/aromatic N) is 5. The summed E-state index contributed by atoms with van der Waals surface area (Å²) < 4.78 is 68.8. The van der Waals surface area contributed by atoms with Gasteiger partial charge < -0.3 is 15.4 Å². The van der Waals surface area contributed by atoms with Crippen LogP contribution in [0.3, 0.4) is 0 Å². The van der Waals surface area contributed by atoms with Crippen LogP contribution in [0.4, 0.5) is 33.6 Å². The zero-order valence-electron chi connectivity index (χ0n) is 14.1. The van der Waals surface area contributed by atoms with E-state index >= 15 is 0 Å². The Labute approximate surface area is 157 Å². The molecule has 0 aliphatic heterocycles. The summed E-state index contributed by atoms with van der Waals surface area (Å²) in [5.74, 6) is -11.6. The molecule has 1 aromatic carbocycles. The van der Waals surface area contributed by atoms with E-state index in [2.05, 4.69) is 15.5 Å². The quantitative estimate of drug-likeness (QED) is 0.218. The average Bonchev–Trinajstić information content (AvgIpc) is 3.31. The Balaban J connectivity index is 1.70. The van der Waals surface area contributed by atoms with Crippen molar-refractivity contribution in [3.8, 4) is 0 Å². The lowest BCUT2D eigenvalue weighted by Crippen LogP contribution is -2.19. The summed E-state index contributed by atoms with van der Waals surface area (Å²) in [6, 6.07) is 2.31. The Kier molecular flexibility index (Phi) is 5.25. The number of aromatic nitrogens is 4. The molecule has 29 heavy (non-hydrogen) atoms. The number of nitro groups is 1. The van der Waals surface area contributed by atoms with Crippen molar-refractivity contribution >= 4 is 17.5 Å². The lowest BCUT2D eigenvalue weighted by atomic mass is 10.1. The molecule has 0 bridgehead atoms. The normalized spacial score (nSPS) is 10.9. The molecule has 0 fully saturated rings. The van der Waals surface area contributed by atoms with Crippen molar-refractivity contribution in [2.24, 2.45) is 0 Å². The monoisotopic (exact) mass is 416 g/mol. The maximum Gasteiger partial charge on any atom is 0.389 e. The fourth-order valence-corrected chi connectivity index (χ4v) is 2.33. The Bertz CT molecular complexity index is 1080. The first-order chi connectivity index (χ1) is 13.7. The molecule has 1 amide bonds. The summed E-state index contributed by atoms with van der Waals surface area (Å²) in [7, 11) is 0. The Morgan fingerprint density at radius 1 is 0.966 bits per heavy atom. The van der Waals surface area contributed by atoms with Crippen LogP contribution in [0.15, 0.2) is 24.5 Å². The van der Waals surface area contributed by atoms with Crippen LogP contribution in [0.2, 0.25) is 0 Å². The number of carbonyl (C=O) groups is 1. The highest BCUT2D eigenvalue weighted by atomic mass is 19.2. The largest absolute Gasteiger partial charge is 0.389 e. The third-order valence-electron chi connectivity index (χ3n) is 3.65. The van der Waals surface area contributed by atoms with Gasteiger partial charge >= 0.3 is 5.82 Å². The summed E-state index contributed by atoms with van der Waals surface area (Å²) >= 11 is 0. The topological polar surface area (TPSA) is 108 Å². The van der Waals surface area contributed by atoms with Crippen molar-refractivity contribution in [2.75, 3.05) is 5.32 Å². The number of rotatable bonds is 6. The molecule has 3 rings (SSSR count). The molecular formula is C15H9F5N6O3. The van der Waals surface area contributed by atoms with E-state index in [4.69, 9.17) is 0 Å². The van der Waals surface area contributed by atoms with Crippen LogP contribution < -0.4 is 5.32 Å². The molecule has 2 heterocycles. The molecule has 2 aromatic heterocycles. The van der Waals surface area contributed by atoms with Crippen molar-refractivity contribution in [2.45, 2.75) is 13.1 Å². The van der Waals surface area contributed by atoms with Gasteiger partial charge in [0, 0.05) is 12.3 Å². The number of hydrogen-bond donors (Lipinski definition) is 1. The Morgan fingerprint density at radius 2 is 1.55 bits per heavy atom. The van der Waals surface area contributed by atoms with Crippen LogP contribution in [-0.4, -0.2) is 30.4 Å². The van der Waals surface area contributed by atoms with Crippen LogP contribution in [0.5, 0.6) is 0 Å². The van der Waals surface area contributed by atoms with E-state index in [1.165, 1.54) is 12.3 Å². The van der Waals surface area contributed by atoms with Crippen molar-refractivity contribution in [1.29, 1.82) is 0 Å². The van der Waals surface area contributed by atoms with Crippen molar-refractivity contribution in [3.05, 3.63) is 69.3 Å². The highest BCUT2D eigenvalue weighted by Gasteiger charge is 2.26. The van der Waals surface area contributed by atoms with E-state index in [9.17, 15) is 36.9 Å². The third-order valence-corrected chi connectivity index (χ3v) is 3.65. The van der Waals surface area contributed by atoms with Gasteiger partial charge in [0.05, 0.1) is 29.5 Å². The molecule has 0 radical (unpaired) electrons. The first-order valence-electron chi connectivity index (χ1n) is 7.68. The molecule has 0 saturated heterocycles. The molecule has 0 aliphatic rings. The second-order valence-electron chi connectivity index (χ2n) is 5.62. The van der Waals surface area contributed by atoms with E-state index in [0.29, 0.717) is 0 Å². The number of halogens is 5. The molecule has 3 aromatic rings. The molecule has 9 nitrogen and oxygen atoms in total. The van der Waals surface area contributed by atoms with Crippen LogP contribution in [0.1, 0.15) is 5.56 Å². The van der Waals surface area contributed by atoms with E-state index in [1.54, 1.807) is 0 Å². The van der Waals surface area contributed by atoms with Crippen molar-refractivity contribution in [3.63, 3.8) is 0 Å². The lowest BCUT2D eigenvalue weighted by molar-refractivity contribution is -0.389. The number of hydrogen-bond acceptors (Lipinski definition) is 5. The molecule has 0 saturated carbocycles. The van der Waals surface area contributed by atoms with Crippen molar-refractivity contribution < 1.29 is 31.7 Å². The lowest BCUT2D eigenvalue weighted by Gasteiger charge is -2.08. The number of nitrogens with one attached hydrogen (secondary N) is 1. The average molecular weight is 416 g/mol. The second kappa shape index (κ2) is 7.65. The van der Waals surface area contributed by atoms with E-state index in [0.717, 1.165) is 21.6 Å². The van der Waals surface area contributed by atoms with Gasteiger partial charge in [0.1, 0.15) is 6.54 Å². The summed E-state index contributed by atoms with van der Waals surface area (Å²) in [5, 5.41) is 20.1. The summed E-state index contributed by atoms with van der Waals surface area (Å²) in [4.78, 5) is 21.7. The predicted octanol–water partition coefficient (Wildman–Crippen LogP) is 2.37. The SMILES string of the molecule is O=C(Cn1ccc([N+](=O)[O-])n1)Nc1ccn(Cc2c(F)c(F)c(F)c(F)c2F)n1. The number of amides is 1. The van der Waals surface area contributed by atoms with Gasteiger partial charge in [-0.15, -0.1) is 0 Å². The minimum atomic E-state index is -2.27. The predicted molar refractivity (Wildman–Crippen MR) is 85.1 cm³/mol. The second-order valence-corrected chi connectivity index (χ2v) is 5.62. The highest BCUT2D eigenvalue weighted by Crippen LogP contribution is 2.23. The van der Waals surface area contributed by atoms with Gasteiger partial charge in [-0.2, -0.15) is 9.78 Å². The Morgan fingerprint density at radius 3 is 2.14 bits per heavy atom. The number of carbonyl (C=O) groups excluding carboxylic acids is 1. The fourth-order valence-electron chi connectivity index (χ4n) is 2.33. The zero-order valence-corrected chi connectivity index (χ0v) is 14.1. The molecule has 0 spiro atoms. The molecule has 0 atom stereocenters. The van der Waals surface area contributed by atoms with E-state index in [1.807, 2.05) is 0 Å². The van der Waals surface area contributed by atoms with Gasteiger partial charge in [0.15, 0.2) is 29.1 Å². The molecule has 0 aliphatic carbocycles. The van der Waals surface area contributed by atoms with Crippen molar-refractivity contribution in [1.82, 2.24) is 19.6 Å². The maximum absolute atomic E-state index is 13.7. The standard InChI is InChI=1S/C15H9F5N6O3/c16-11-7(12(17)14(19)15(20)13(11)18)5-24-3-1-8(22-24)21-10(27)6-25-4-2-9(23-25)26(28)29/h1-4H,5-6H2,(H,21,22,27). The molecule has 1 N–H and O–H groups in total. The van der Waals surface area contributed by atoms with E-state index in [-0.39, 0.29) is 5.82 Å². The first-order valence-corrected chi connectivity index (χ1v) is 7.68. The van der Waals surface area contributed by atoms with Crippen LogP contribution in [0.25, 0.3) is 0 Å². The minimum absolute atomic E-state index is 0.0828. The highest BCUT2D eigenvalue weighted by molar-refractivity contribution is 5.89. The van der Waals surface area contributed by atoms with Gasteiger partial charge in [0.2, 0.25) is 11.7 Å². The van der Waals surface area contributed by atoms with Gasteiger partial charge in [-0.3, -0.25) is 9.48 Å². The zero-order chi connectivity index (χ0) is 21.3. The Hall–Kier alpha value is -3.84. The van der Waals surface area contributed by atoms with Gasteiger partial charge in [-0.25, -0.2) is 22.0 Å². The molecule has 14 heteroatoms. The van der Waals surface area contributed by atoms with Crippen LogP contribution >= 0.6 is 0 Å². The smallest absolute Gasteiger partial charge is 0.358 e. The summed E-state index contributed by atoms with van der Waals surface area (Å²) in [5.41, 5.74) is -1.09. The fraction of sp³-hybridized carbons (Fsp3) is 0.133. The van der Waals surface area contributed by atoms with Gasteiger partial charge in [0.25, 0.3) is 0 Å². The number of anilines is 1.